The molecule has 4 heteroatoms. The van der Waals surface area contributed by atoms with E-state index in [9.17, 15) is 4.79 Å². The van der Waals surface area contributed by atoms with Gasteiger partial charge in [0.05, 0.1) is 6.61 Å². The van der Waals surface area contributed by atoms with Gasteiger partial charge in [-0.3, -0.25) is 9.78 Å². The summed E-state index contributed by atoms with van der Waals surface area (Å²) < 4.78 is 0. The average molecular weight is 235 g/mol. The number of nitrogens with zero attached hydrogens (tertiary/aromatic N) is 1. The van der Waals surface area contributed by atoms with Gasteiger partial charge in [0.1, 0.15) is 0 Å². The van der Waals surface area contributed by atoms with Crippen LogP contribution in [-0.2, 0) is 11.4 Å². The van der Waals surface area contributed by atoms with E-state index in [1.54, 1.807) is 25.4 Å². The van der Waals surface area contributed by atoms with Crippen molar-refractivity contribution in [1.29, 1.82) is 0 Å². The Morgan fingerprint density at radius 2 is 2.38 bits per heavy atom. The van der Waals surface area contributed by atoms with Gasteiger partial charge in [0, 0.05) is 37.1 Å². The van der Waals surface area contributed by atoms with Gasteiger partial charge in [0.15, 0.2) is 5.12 Å². The molecule has 0 saturated heterocycles. The number of hydrogen-bond donors (Lipinski definition) is 1. The first-order valence-corrected chi connectivity index (χ1v) is 5.88. The third kappa shape index (κ3) is 4.96. The van der Waals surface area contributed by atoms with E-state index in [0.717, 1.165) is 16.9 Å². The van der Waals surface area contributed by atoms with Crippen LogP contribution in [0, 0.1) is 11.8 Å². The molecule has 16 heavy (non-hydrogen) atoms. The zero-order valence-corrected chi connectivity index (χ0v) is 9.88. The van der Waals surface area contributed by atoms with Gasteiger partial charge in [-0.25, -0.2) is 0 Å². The average Bonchev–Trinajstić information content (AvgIpc) is 2.28. The Morgan fingerprint density at radius 3 is 3.06 bits per heavy atom. The summed E-state index contributed by atoms with van der Waals surface area (Å²) in [5, 5.41) is 9.02. The molecular formula is C12H13NO2S. The molecule has 0 spiro atoms. The zero-order valence-electron chi connectivity index (χ0n) is 9.06. The molecule has 0 amide bonds. The number of aromatic nitrogens is 1. The van der Waals surface area contributed by atoms with Crippen molar-refractivity contribution in [1.82, 2.24) is 4.98 Å². The summed E-state index contributed by atoms with van der Waals surface area (Å²) in [6, 6.07) is 1.80. The SMILES string of the molecule is CC(=O)SCCC#Cc1cncc(CO)c1. The summed E-state index contributed by atoms with van der Waals surface area (Å²) in [6.45, 7) is 1.52. The molecule has 0 atom stereocenters. The first-order valence-electron chi connectivity index (χ1n) is 4.89. The van der Waals surface area contributed by atoms with Crippen molar-refractivity contribution in [2.45, 2.75) is 20.0 Å². The maximum Gasteiger partial charge on any atom is 0.185 e. The lowest BCUT2D eigenvalue weighted by molar-refractivity contribution is -0.109. The Hall–Kier alpha value is -1.31. The molecule has 0 aliphatic carbocycles. The van der Waals surface area contributed by atoms with Crippen LogP contribution in [0.5, 0.6) is 0 Å². The molecule has 3 nitrogen and oxygen atoms in total. The summed E-state index contributed by atoms with van der Waals surface area (Å²) in [6.07, 6.45) is 3.94. The van der Waals surface area contributed by atoms with E-state index in [4.69, 9.17) is 5.11 Å². The number of hydrogen-bond acceptors (Lipinski definition) is 4. The van der Waals surface area contributed by atoms with E-state index >= 15 is 0 Å². The maximum atomic E-state index is 10.6. The highest BCUT2D eigenvalue weighted by molar-refractivity contribution is 8.13. The molecule has 1 aromatic heterocycles. The fourth-order valence-electron chi connectivity index (χ4n) is 1.05. The minimum Gasteiger partial charge on any atom is -0.392 e. The Kier molecular flexibility index (Phi) is 5.62. The van der Waals surface area contributed by atoms with E-state index in [1.165, 1.54) is 11.8 Å². The van der Waals surface area contributed by atoms with Crippen molar-refractivity contribution in [2.75, 3.05) is 5.75 Å². The van der Waals surface area contributed by atoms with Crippen LogP contribution in [0.2, 0.25) is 0 Å². The molecule has 0 fully saturated rings. The molecule has 0 aliphatic rings. The first kappa shape index (κ1) is 12.8. The highest BCUT2D eigenvalue weighted by Gasteiger charge is 1.93. The van der Waals surface area contributed by atoms with E-state index < -0.39 is 0 Å². The summed E-state index contributed by atoms with van der Waals surface area (Å²) in [5.41, 5.74) is 1.55. The predicted octanol–water partition coefficient (Wildman–Crippen LogP) is 1.60. The molecule has 0 aliphatic heterocycles. The number of rotatable bonds is 3. The summed E-state index contributed by atoms with van der Waals surface area (Å²) >= 11 is 1.28. The second kappa shape index (κ2) is 7.04. The van der Waals surface area contributed by atoms with Crippen LogP contribution in [0.3, 0.4) is 0 Å². The van der Waals surface area contributed by atoms with Crippen LogP contribution < -0.4 is 0 Å². The number of pyridine rings is 1. The maximum absolute atomic E-state index is 10.6. The van der Waals surface area contributed by atoms with Crippen LogP contribution >= 0.6 is 11.8 Å². The van der Waals surface area contributed by atoms with Gasteiger partial charge >= 0.3 is 0 Å². The van der Waals surface area contributed by atoms with Crippen molar-refractivity contribution in [3.8, 4) is 11.8 Å². The Balaban J connectivity index is 2.46. The number of carbonyl (C=O) groups excluding carboxylic acids is 1. The molecule has 0 bridgehead atoms. The lowest BCUT2D eigenvalue weighted by Crippen LogP contribution is -1.87. The third-order valence-corrected chi connectivity index (χ3v) is 2.56. The molecule has 0 aromatic carbocycles. The molecule has 1 aromatic rings. The van der Waals surface area contributed by atoms with Crippen molar-refractivity contribution < 1.29 is 9.90 Å². The highest BCUT2D eigenvalue weighted by atomic mass is 32.2. The van der Waals surface area contributed by atoms with E-state index in [1.807, 2.05) is 0 Å². The quantitative estimate of drug-likeness (QED) is 0.638. The van der Waals surface area contributed by atoms with Crippen LogP contribution in [0.15, 0.2) is 18.5 Å². The fraction of sp³-hybridized carbons (Fsp3) is 0.333. The standard InChI is InChI=1S/C12H13NO2S/c1-10(15)16-5-3-2-4-11-6-12(9-14)8-13-7-11/h6-8,14H,3,5,9H2,1H3. The Morgan fingerprint density at radius 1 is 1.56 bits per heavy atom. The van der Waals surface area contributed by atoms with Crippen LogP contribution in [0.4, 0.5) is 0 Å². The van der Waals surface area contributed by atoms with Crippen molar-refractivity contribution >= 4 is 16.9 Å². The predicted molar refractivity (Wildman–Crippen MR) is 64.8 cm³/mol. The lowest BCUT2D eigenvalue weighted by atomic mass is 10.2. The Bertz CT molecular complexity index is 421. The molecule has 0 saturated carbocycles. The van der Waals surface area contributed by atoms with Gasteiger partial charge in [0.2, 0.25) is 0 Å². The van der Waals surface area contributed by atoms with Crippen molar-refractivity contribution in [3.63, 3.8) is 0 Å². The zero-order chi connectivity index (χ0) is 11.8. The monoisotopic (exact) mass is 235 g/mol. The van der Waals surface area contributed by atoms with Crippen LogP contribution in [-0.4, -0.2) is 21.0 Å². The van der Waals surface area contributed by atoms with Crippen molar-refractivity contribution in [3.05, 3.63) is 29.6 Å². The van der Waals surface area contributed by atoms with Gasteiger partial charge in [-0.05, 0) is 11.6 Å². The molecule has 0 unspecified atom stereocenters. The summed E-state index contributed by atoms with van der Waals surface area (Å²) in [7, 11) is 0. The topological polar surface area (TPSA) is 50.2 Å². The normalized spacial score (nSPS) is 9.38. The number of aliphatic hydroxyl groups is 1. The second-order valence-corrected chi connectivity index (χ2v) is 4.40. The van der Waals surface area contributed by atoms with E-state index in [0.29, 0.717) is 6.42 Å². The largest absolute Gasteiger partial charge is 0.392 e. The lowest BCUT2D eigenvalue weighted by Gasteiger charge is -1.94. The minimum absolute atomic E-state index is 0.0251. The number of aliphatic hydroxyl groups excluding tert-OH is 1. The fourth-order valence-corrected chi connectivity index (χ4v) is 1.54. The second-order valence-electron chi connectivity index (χ2n) is 3.13. The molecule has 0 radical (unpaired) electrons. The van der Waals surface area contributed by atoms with E-state index in [2.05, 4.69) is 16.8 Å². The molecule has 1 rings (SSSR count). The molecular weight excluding hydrogens is 222 g/mol. The van der Waals surface area contributed by atoms with Crippen LogP contribution in [0.25, 0.3) is 0 Å². The van der Waals surface area contributed by atoms with Gasteiger partial charge in [-0.15, -0.1) is 0 Å². The van der Waals surface area contributed by atoms with Crippen LogP contribution in [0.1, 0.15) is 24.5 Å². The Labute approximate surface area is 99.3 Å². The van der Waals surface area contributed by atoms with Gasteiger partial charge in [-0.2, -0.15) is 0 Å². The smallest absolute Gasteiger partial charge is 0.185 e. The van der Waals surface area contributed by atoms with E-state index in [-0.39, 0.29) is 11.7 Å². The minimum atomic E-state index is -0.0251. The number of thioether (sulfide) groups is 1. The highest BCUT2D eigenvalue weighted by Crippen LogP contribution is 2.03. The molecule has 84 valence electrons. The summed E-state index contributed by atoms with van der Waals surface area (Å²) in [5.74, 6) is 6.63. The van der Waals surface area contributed by atoms with Gasteiger partial charge < -0.3 is 5.11 Å². The molecule has 1 heterocycles. The molecule has 1 N–H and O–H groups in total. The first-order chi connectivity index (χ1) is 7.72. The van der Waals surface area contributed by atoms with Gasteiger partial charge in [-0.1, -0.05) is 23.6 Å². The van der Waals surface area contributed by atoms with Crippen molar-refractivity contribution in [2.24, 2.45) is 0 Å². The van der Waals surface area contributed by atoms with Gasteiger partial charge in [0.25, 0.3) is 0 Å². The number of carbonyl (C=O) groups is 1. The third-order valence-electron chi connectivity index (χ3n) is 1.74. The summed E-state index contributed by atoms with van der Waals surface area (Å²) in [4.78, 5) is 14.6.